The van der Waals surface area contributed by atoms with Crippen LogP contribution >= 0.6 is 0 Å². The number of fused-ring (bicyclic) bond motifs is 1. The van der Waals surface area contributed by atoms with Crippen LogP contribution in [0.3, 0.4) is 0 Å². The van der Waals surface area contributed by atoms with Crippen LogP contribution in [0.1, 0.15) is 49.5 Å². The van der Waals surface area contributed by atoms with E-state index in [9.17, 15) is 4.79 Å². The molecule has 5 heteroatoms. The molecule has 0 saturated heterocycles. The lowest BCUT2D eigenvalue weighted by atomic mass is 10.0. The lowest BCUT2D eigenvalue weighted by Crippen LogP contribution is -2.12. The Morgan fingerprint density at radius 1 is 0.935 bits per heavy atom. The molecule has 5 nitrogen and oxygen atoms in total. The lowest BCUT2D eigenvalue weighted by Gasteiger charge is -2.10. The van der Waals surface area contributed by atoms with Gasteiger partial charge < -0.3 is 14.5 Å². The highest BCUT2D eigenvalue weighted by molar-refractivity contribution is 6.04. The van der Waals surface area contributed by atoms with Gasteiger partial charge in [-0.1, -0.05) is 19.9 Å². The summed E-state index contributed by atoms with van der Waals surface area (Å²) in [5, 5.41) is 2.91. The monoisotopic (exact) mass is 414 g/mol. The third-order valence-corrected chi connectivity index (χ3v) is 4.96. The highest BCUT2D eigenvalue weighted by atomic mass is 16.5. The smallest absolute Gasteiger partial charge is 0.255 e. The number of hydrogen-bond donors (Lipinski definition) is 1. The fourth-order valence-electron chi connectivity index (χ4n) is 3.28. The van der Waals surface area contributed by atoms with Gasteiger partial charge in [-0.15, -0.1) is 0 Å². The fourth-order valence-corrected chi connectivity index (χ4v) is 3.28. The Bertz CT molecular complexity index is 1190. The van der Waals surface area contributed by atoms with Crippen molar-refractivity contribution in [3.8, 4) is 17.2 Å². The summed E-state index contributed by atoms with van der Waals surface area (Å²) in [6.45, 7) is 8.24. The second-order valence-corrected chi connectivity index (χ2v) is 8.12. The largest absolute Gasteiger partial charge is 0.491 e. The van der Waals surface area contributed by atoms with Gasteiger partial charge in [-0.25, -0.2) is 4.98 Å². The molecule has 0 radical (unpaired) electrons. The van der Waals surface area contributed by atoms with Crippen LogP contribution in [-0.2, 0) is 0 Å². The SMILES string of the molecule is CC(C)Oc1ccc(C(=O)Nc2ccc(-c3nc4cc(C(C)C)ccc4o3)cc2)cc1. The molecule has 1 heterocycles. The number of nitrogens with one attached hydrogen (secondary N) is 1. The molecular formula is C26H26N2O3. The first kappa shape index (κ1) is 20.7. The fraction of sp³-hybridized carbons (Fsp3) is 0.231. The van der Waals surface area contributed by atoms with Gasteiger partial charge in [-0.2, -0.15) is 0 Å². The Balaban J connectivity index is 1.46. The number of amides is 1. The van der Waals surface area contributed by atoms with Crippen molar-refractivity contribution >= 4 is 22.7 Å². The van der Waals surface area contributed by atoms with Gasteiger partial charge in [0.25, 0.3) is 5.91 Å². The maximum atomic E-state index is 12.5. The topological polar surface area (TPSA) is 64.4 Å². The van der Waals surface area contributed by atoms with E-state index in [0.717, 1.165) is 22.4 Å². The predicted octanol–water partition coefficient (Wildman–Crippen LogP) is 6.66. The number of carbonyl (C=O) groups excluding carboxylic acids is 1. The summed E-state index contributed by atoms with van der Waals surface area (Å²) in [4.78, 5) is 17.2. The van der Waals surface area contributed by atoms with Crippen molar-refractivity contribution in [1.29, 1.82) is 0 Å². The average Bonchev–Trinajstić information content (AvgIpc) is 3.17. The van der Waals surface area contributed by atoms with Crippen molar-refractivity contribution < 1.29 is 13.9 Å². The van der Waals surface area contributed by atoms with E-state index < -0.39 is 0 Å². The minimum atomic E-state index is -0.174. The molecule has 3 aromatic carbocycles. The number of oxazole rings is 1. The molecule has 31 heavy (non-hydrogen) atoms. The molecule has 0 saturated carbocycles. The van der Waals surface area contributed by atoms with Crippen LogP contribution in [0.5, 0.6) is 5.75 Å². The average molecular weight is 415 g/mol. The van der Waals surface area contributed by atoms with E-state index in [1.165, 1.54) is 5.56 Å². The molecule has 0 aliphatic heterocycles. The molecule has 1 aromatic heterocycles. The van der Waals surface area contributed by atoms with Gasteiger partial charge in [0.05, 0.1) is 6.10 Å². The molecule has 1 N–H and O–H groups in total. The van der Waals surface area contributed by atoms with Gasteiger partial charge in [0.2, 0.25) is 5.89 Å². The zero-order valence-corrected chi connectivity index (χ0v) is 18.2. The zero-order valence-electron chi connectivity index (χ0n) is 18.2. The van der Waals surface area contributed by atoms with E-state index >= 15 is 0 Å². The van der Waals surface area contributed by atoms with Crippen molar-refractivity contribution in [1.82, 2.24) is 4.98 Å². The van der Waals surface area contributed by atoms with Crippen LogP contribution < -0.4 is 10.1 Å². The Labute approximate surface area is 182 Å². The predicted molar refractivity (Wildman–Crippen MR) is 124 cm³/mol. The van der Waals surface area contributed by atoms with Crippen molar-refractivity contribution in [2.24, 2.45) is 0 Å². The first-order valence-electron chi connectivity index (χ1n) is 10.5. The normalized spacial score (nSPS) is 11.3. The molecule has 0 aliphatic rings. The zero-order chi connectivity index (χ0) is 22.0. The molecule has 0 unspecified atom stereocenters. The minimum absolute atomic E-state index is 0.0942. The van der Waals surface area contributed by atoms with Crippen LogP contribution in [-0.4, -0.2) is 17.0 Å². The summed E-state index contributed by atoms with van der Waals surface area (Å²) in [6, 6.07) is 20.7. The van der Waals surface area contributed by atoms with Gasteiger partial charge in [-0.05, 0) is 86.0 Å². The third kappa shape index (κ3) is 4.77. The number of rotatable bonds is 6. The molecule has 158 valence electrons. The minimum Gasteiger partial charge on any atom is -0.491 e. The molecule has 0 spiro atoms. The number of carbonyl (C=O) groups is 1. The Morgan fingerprint density at radius 2 is 1.65 bits per heavy atom. The number of aromatic nitrogens is 1. The van der Waals surface area contributed by atoms with Gasteiger partial charge >= 0.3 is 0 Å². The molecule has 0 fully saturated rings. The van der Waals surface area contributed by atoms with E-state index in [-0.39, 0.29) is 12.0 Å². The lowest BCUT2D eigenvalue weighted by molar-refractivity contribution is 0.102. The van der Waals surface area contributed by atoms with E-state index in [0.29, 0.717) is 23.1 Å². The molecule has 0 aliphatic carbocycles. The standard InChI is InChI=1S/C26H26N2O3/c1-16(2)20-9-14-24-23(15-20)28-26(31-24)19-5-10-21(11-6-19)27-25(29)18-7-12-22(13-8-18)30-17(3)4/h5-17H,1-4H3,(H,27,29). The van der Waals surface area contributed by atoms with Crippen LogP contribution in [0, 0.1) is 0 Å². The summed E-state index contributed by atoms with van der Waals surface area (Å²) in [5.74, 6) is 1.57. The van der Waals surface area contributed by atoms with E-state index in [2.05, 4.69) is 36.3 Å². The number of hydrogen-bond acceptors (Lipinski definition) is 4. The van der Waals surface area contributed by atoms with E-state index in [4.69, 9.17) is 9.15 Å². The highest BCUT2D eigenvalue weighted by Crippen LogP contribution is 2.28. The quantitative estimate of drug-likeness (QED) is 0.383. The van der Waals surface area contributed by atoms with Crippen molar-refractivity contribution in [2.75, 3.05) is 5.32 Å². The highest BCUT2D eigenvalue weighted by Gasteiger charge is 2.11. The molecule has 4 rings (SSSR count). The van der Waals surface area contributed by atoms with Gasteiger partial charge in [0.1, 0.15) is 11.3 Å². The second-order valence-electron chi connectivity index (χ2n) is 8.12. The van der Waals surface area contributed by atoms with Gasteiger partial charge in [0, 0.05) is 16.8 Å². The molecule has 1 amide bonds. The van der Waals surface area contributed by atoms with Crippen molar-refractivity contribution in [3.63, 3.8) is 0 Å². The summed E-state index contributed by atoms with van der Waals surface area (Å²) >= 11 is 0. The number of anilines is 1. The van der Waals surface area contributed by atoms with Crippen LogP contribution in [0.15, 0.2) is 71.1 Å². The van der Waals surface area contributed by atoms with Crippen molar-refractivity contribution in [3.05, 3.63) is 77.9 Å². The molecule has 0 atom stereocenters. The molecule has 0 bridgehead atoms. The van der Waals surface area contributed by atoms with E-state index in [1.807, 2.05) is 44.2 Å². The first-order valence-corrected chi connectivity index (χ1v) is 10.5. The van der Waals surface area contributed by atoms with Crippen LogP contribution in [0.4, 0.5) is 5.69 Å². The van der Waals surface area contributed by atoms with Gasteiger partial charge in [-0.3, -0.25) is 4.79 Å². The Morgan fingerprint density at radius 3 is 2.29 bits per heavy atom. The number of nitrogens with zero attached hydrogens (tertiary/aromatic N) is 1. The Kier molecular flexibility index (Phi) is 5.76. The molecular weight excluding hydrogens is 388 g/mol. The summed E-state index contributed by atoms with van der Waals surface area (Å²) < 4.78 is 11.5. The second kappa shape index (κ2) is 8.64. The van der Waals surface area contributed by atoms with Crippen LogP contribution in [0.25, 0.3) is 22.6 Å². The van der Waals surface area contributed by atoms with Gasteiger partial charge in [0.15, 0.2) is 5.58 Å². The number of ether oxygens (including phenoxy) is 1. The summed E-state index contributed by atoms with van der Waals surface area (Å²) in [6.07, 6.45) is 0.0942. The molecule has 4 aromatic rings. The maximum Gasteiger partial charge on any atom is 0.255 e. The van der Waals surface area contributed by atoms with Crippen molar-refractivity contribution in [2.45, 2.75) is 39.7 Å². The Hall–Kier alpha value is -3.60. The summed E-state index contributed by atoms with van der Waals surface area (Å²) in [5.41, 5.74) is 4.98. The third-order valence-electron chi connectivity index (χ3n) is 4.96. The van der Waals surface area contributed by atoms with Crippen LogP contribution in [0.2, 0.25) is 0 Å². The summed E-state index contributed by atoms with van der Waals surface area (Å²) in [7, 11) is 0. The first-order chi connectivity index (χ1) is 14.9. The number of benzene rings is 3. The van der Waals surface area contributed by atoms with E-state index in [1.54, 1.807) is 24.3 Å². The maximum absolute atomic E-state index is 12.5.